The molecule has 7 heteroatoms. The van der Waals surface area contributed by atoms with Gasteiger partial charge < -0.3 is 15.6 Å². The molecule has 0 radical (unpaired) electrons. The van der Waals surface area contributed by atoms with Crippen molar-refractivity contribution in [2.75, 3.05) is 6.61 Å². The van der Waals surface area contributed by atoms with Gasteiger partial charge in [0.05, 0.1) is 12.3 Å². The largest absolute Gasteiger partial charge is 0.480 e. The molecule has 102 valence electrons. The Hall–Kier alpha value is -1.92. The van der Waals surface area contributed by atoms with Crippen LogP contribution in [0.1, 0.15) is 6.92 Å². The predicted molar refractivity (Wildman–Crippen MR) is 70.8 cm³/mol. The van der Waals surface area contributed by atoms with Crippen molar-refractivity contribution in [3.05, 3.63) is 29.3 Å². The van der Waals surface area contributed by atoms with E-state index in [0.29, 0.717) is 10.7 Å². The Morgan fingerprint density at radius 3 is 2.74 bits per heavy atom. The third-order valence-electron chi connectivity index (χ3n) is 2.10. The molecule has 19 heavy (non-hydrogen) atoms. The van der Waals surface area contributed by atoms with Crippen LogP contribution in [0.2, 0.25) is 5.02 Å². The molecule has 0 heterocycles. The maximum atomic E-state index is 11.6. The second-order valence-corrected chi connectivity index (χ2v) is 3.95. The lowest BCUT2D eigenvalue weighted by molar-refractivity contribution is -0.140. The average molecular weight is 285 g/mol. The molecule has 0 amide bonds. The van der Waals surface area contributed by atoms with Crippen molar-refractivity contribution in [2.24, 2.45) is 10.7 Å². The zero-order valence-electron chi connectivity index (χ0n) is 10.2. The van der Waals surface area contributed by atoms with Gasteiger partial charge in [-0.1, -0.05) is 17.7 Å². The number of carbonyl (C=O) groups is 2. The Labute approximate surface area is 114 Å². The molecule has 0 saturated carbocycles. The number of carboxylic acids is 1. The number of carboxylic acid groups (broad SMARTS) is 1. The molecule has 3 N–H and O–H groups in total. The summed E-state index contributed by atoms with van der Waals surface area (Å²) in [6.07, 6.45) is 0. The van der Waals surface area contributed by atoms with E-state index in [0.717, 1.165) is 0 Å². The number of halogens is 1. The Morgan fingerprint density at radius 2 is 2.21 bits per heavy atom. The summed E-state index contributed by atoms with van der Waals surface area (Å²) in [6.45, 7) is 1.70. The minimum atomic E-state index is -1.56. The summed E-state index contributed by atoms with van der Waals surface area (Å²) in [5.41, 5.74) is 5.36. The fraction of sp³-hybridized carbons (Fsp3) is 0.250. The number of rotatable bonds is 5. The number of benzene rings is 1. The Balaban J connectivity index is 3.15. The van der Waals surface area contributed by atoms with Gasteiger partial charge in [-0.3, -0.25) is 4.79 Å². The van der Waals surface area contributed by atoms with E-state index in [1.807, 2.05) is 0 Å². The fourth-order valence-corrected chi connectivity index (χ4v) is 1.43. The summed E-state index contributed by atoms with van der Waals surface area (Å²) < 4.78 is 4.73. The minimum absolute atomic E-state index is 0.0970. The Bertz CT molecular complexity index is 516. The summed E-state index contributed by atoms with van der Waals surface area (Å²) in [7, 11) is 0. The first-order valence-corrected chi connectivity index (χ1v) is 5.83. The Morgan fingerprint density at radius 1 is 1.53 bits per heavy atom. The summed E-state index contributed by atoms with van der Waals surface area (Å²) in [6, 6.07) is 4.74. The zero-order valence-corrected chi connectivity index (χ0v) is 10.9. The highest BCUT2D eigenvalue weighted by molar-refractivity contribution is 6.42. The van der Waals surface area contributed by atoms with E-state index in [1.165, 1.54) is 6.07 Å². The van der Waals surface area contributed by atoms with Crippen LogP contribution in [0.15, 0.2) is 29.3 Å². The lowest BCUT2D eigenvalue weighted by Gasteiger charge is -2.09. The monoisotopic (exact) mass is 284 g/mol. The average Bonchev–Trinajstić information content (AvgIpc) is 2.35. The molecule has 0 saturated heterocycles. The number of hydrogen-bond donors (Lipinski definition) is 2. The van der Waals surface area contributed by atoms with E-state index in [1.54, 1.807) is 25.1 Å². The SMILES string of the molecule is CCOC(=O)C(=Nc1cccc(Cl)c1)C(N)C(=O)O. The predicted octanol–water partition coefficient (Wildman–Crippen LogP) is 1.39. The van der Waals surface area contributed by atoms with E-state index in [-0.39, 0.29) is 12.3 Å². The van der Waals surface area contributed by atoms with Crippen molar-refractivity contribution in [3.63, 3.8) is 0 Å². The van der Waals surface area contributed by atoms with E-state index >= 15 is 0 Å². The van der Waals surface area contributed by atoms with Crippen LogP contribution in [0.5, 0.6) is 0 Å². The van der Waals surface area contributed by atoms with Crippen LogP contribution in [0.25, 0.3) is 0 Å². The second-order valence-electron chi connectivity index (χ2n) is 3.51. The molecule has 6 nitrogen and oxygen atoms in total. The van der Waals surface area contributed by atoms with Gasteiger partial charge in [0.2, 0.25) is 0 Å². The molecular formula is C12H13ClN2O4. The second kappa shape index (κ2) is 6.86. The number of carbonyl (C=O) groups excluding carboxylic acids is 1. The number of aliphatic imine (C=N–C) groups is 1. The fourth-order valence-electron chi connectivity index (χ4n) is 1.25. The van der Waals surface area contributed by atoms with Crippen molar-refractivity contribution in [3.8, 4) is 0 Å². The lowest BCUT2D eigenvalue weighted by Crippen LogP contribution is -2.43. The summed E-state index contributed by atoms with van der Waals surface area (Å²) >= 11 is 5.78. The highest BCUT2D eigenvalue weighted by Crippen LogP contribution is 2.18. The lowest BCUT2D eigenvalue weighted by atomic mass is 10.2. The van der Waals surface area contributed by atoms with Gasteiger partial charge in [-0.05, 0) is 25.1 Å². The van der Waals surface area contributed by atoms with Gasteiger partial charge in [0.15, 0.2) is 11.8 Å². The number of aliphatic carboxylic acids is 1. The van der Waals surface area contributed by atoms with E-state index in [9.17, 15) is 9.59 Å². The van der Waals surface area contributed by atoms with E-state index in [4.69, 9.17) is 27.2 Å². The molecule has 1 unspecified atom stereocenters. The smallest absolute Gasteiger partial charge is 0.354 e. The van der Waals surface area contributed by atoms with Gasteiger partial charge in [0.1, 0.15) is 0 Å². The molecule has 0 aliphatic rings. The molecule has 0 bridgehead atoms. The maximum Gasteiger partial charge on any atom is 0.354 e. The van der Waals surface area contributed by atoms with Crippen LogP contribution < -0.4 is 5.73 Å². The minimum Gasteiger partial charge on any atom is -0.480 e. The molecule has 1 atom stereocenters. The summed E-state index contributed by atoms with van der Waals surface area (Å²) in [5.74, 6) is -2.23. The molecule has 0 fully saturated rings. The molecule has 1 rings (SSSR count). The standard InChI is InChI=1S/C12H13ClN2O4/c1-2-19-12(18)10(9(14)11(16)17)15-8-5-3-4-7(13)6-8/h3-6,9H,2,14H2,1H3,(H,16,17). The molecule has 1 aromatic carbocycles. The third kappa shape index (κ3) is 4.35. The van der Waals surface area contributed by atoms with Crippen molar-refractivity contribution < 1.29 is 19.4 Å². The first-order chi connectivity index (χ1) is 8.95. The topological polar surface area (TPSA) is 102 Å². The van der Waals surface area contributed by atoms with Gasteiger partial charge in [-0.15, -0.1) is 0 Å². The number of ether oxygens (including phenoxy) is 1. The summed E-state index contributed by atoms with van der Waals surface area (Å²) in [5, 5.41) is 9.27. The first kappa shape index (κ1) is 15.1. The molecule has 0 aliphatic carbocycles. The molecule has 0 aliphatic heterocycles. The van der Waals surface area contributed by atoms with Crippen molar-refractivity contribution in [1.29, 1.82) is 0 Å². The Kier molecular flexibility index (Phi) is 5.47. The zero-order chi connectivity index (χ0) is 14.4. The molecular weight excluding hydrogens is 272 g/mol. The van der Waals surface area contributed by atoms with E-state index in [2.05, 4.69) is 4.99 Å². The van der Waals surface area contributed by atoms with Gasteiger partial charge in [0.25, 0.3) is 0 Å². The first-order valence-electron chi connectivity index (χ1n) is 5.45. The van der Waals surface area contributed by atoms with Crippen LogP contribution in [0.4, 0.5) is 5.69 Å². The van der Waals surface area contributed by atoms with Crippen LogP contribution in [-0.4, -0.2) is 35.4 Å². The van der Waals surface area contributed by atoms with Crippen LogP contribution in [-0.2, 0) is 14.3 Å². The van der Waals surface area contributed by atoms with Crippen LogP contribution in [0, 0.1) is 0 Å². The van der Waals surface area contributed by atoms with Gasteiger partial charge >= 0.3 is 11.9 Å². The van der Waals surface area contributed by atoms with Crippen molar-refractivity contribution in [1.82, 2.24) is 0 Å². The quantitative estimate of drug-likeness (QED) is 0.628. The number of hydrogen-bond acceptors (Lipinski definition) is 5. The van der Waals surface area contributed by atoms with Gasteiger partial charge in [-0.25, -0.2) is 9.79 Å². The maximum absolute atomic E-state index is 11.6. The number of nitrogens with zero attached hydrogens (tertiary/aromatic N) is 1. The van der Waals surface area contributed by atoms with E-state index < -0.39 is 18.0 Å². The third-order valence-corrected chi connectivity index (χ3v) is 2.34. The number of esters is 1. The van der Waals surface area contributed by atoms with Gasteiger partial charge in [0, 0.05) is 5.02 Å². The van der Waals surface area contributed by atoms with Crippen LogP contribution >= 0.6 is 11.6 Å². The highest BCUT2D eigenvalue weighted by atomic mass is 35.5. The van der Waals surface area contributed by atoms with Gasteiger partial charge in [-0.2, -0.15) is 0 Å². The van der Waals surface area contributed by atoms with Crippen molar-refractivity contribution in [2.45, 2.75) is 13.0 Å². The van der Waals surface area contributed by atoms with Crippen LogP contribution in [0.3, 0.4) is 0 Å². The van der Waals surface area contributed by atoms with Crippen molar-refractivity contribution >= 4 is 34.9 Å². The molecule has 1 aromatic rings. The highest BCUT2D eigenvalue weighted by Gasteiger charge is 2.26. The normalized spacial score (nSPS) is 12.9. The molecule has 0 aromatic heterocycles. The molecule has 0 spiro atoms. The summed E-state index contributed by atoms with van der Waals surface area (Å²) in [4.78, 5) is 26.4. The number of nitrogens with two attached hydrogens (primary N) is 1.